The molecule has 0 aliphatic carbocycles. The zero-order valence-corrected chi connectivity index (χ0v) is 9.73. The number of carbonyl (C=O) groups excluding carboxylic acids is 1. The third-order valence-electron chi connectivity index (χ3n) is 3.06. The highest BCUT2D eigenvalue weighted by atomic mass is 79.9. The van der Waals surface area contributed by atoms with Gasteiger partial charge in [-0.1, -0.05) is 15.9 Å². The Morgan fingerprint density at radius 1 is 1.40 bits per heavy atom. The van der Waals surface area contributed by atoms with Crippen LogP contribution in [-0.2, 0) is 11.2 Å². The molecule has 0 fully saturated rings. The van der Waals surface area contributed by atoms with E-state index >= 15 is 0 Å². The quantitative estimate of drug-likeness (QED) is 0.754. The molecule has 1 aromatic rings. The lowest BCUT2D eigenvalue weighted by Gasteiger charge is -2.10. The van der Waals surface area contributed by atoms with Crippen LogP contribution >= 0.6 is 15.9 Å². The van der Waals surface area contributed by atoms with Gasteiger partial charge in [0.05, 0.1) is 0 Å². The highest BCUT2D eigenvalue weighted by Gasteiger charge is 2.34. The van der Waals surface area contributed by atoms with Gasteiger partial charge in [-0.15, -0.1) is 0 Å². The Kier molecular flexibility index (Phi) is 2.07. The highest BCUT2D eigenvalue weighted by molar-refractivity contribution is 9.10. The van der Waals surface area contributed by atoms with Crippen LogP contribution in [0.2, 0.25) is 0 Å². The van der Waals surface area contributed by atoms with E-state index in [4.69, 9.17) is 0 Å². The van der Waals surface area contributed by atoms with E-state index in [1.807, 2.05) is 12.1 Å². The Bertz CT molecular complexity index is 444. The van der Waals surface area contributed by atoms with Crippen LogP contribution in [0, 0.1) is 0 Å². The molecule has 4 heteroatoms. The molecule has 78 valence electrons. The lowest BCUT2D eigenvalue weighted by Crippen LogP contribution is -2.27. The maximum atomic E-state index is 11.7. The number of benzene rings is 1. The molecule has 0 aromatic heterocycles. The van der Waals surface area contributed by atoms with Crippen molar-refractivity contribution in [3.8, 4) is 0 Å². The van der Waals surface area contributed by atoms with Crippen LogP contribution in [-0.4, -0.2) is 12.5 Å². The largest absolute Gasteiger partial charge is 0.324 e. The molecule has 0 saturated carbocycles. The van der Waals surface area contributed by atoms with E-state index in [2.05, 4.69) is 26.6 Å². The molecule has 0 saturated heterocycles. The van der Waals surface area contributed by atoms with Crippen molar-refractivity contribution in [2.45, 2.75) is 18.9 Å². The fourth-order valence-corrected chi connectivity index (χ4v) is 2.92. The van der Waals surface area contributed by atoms with Gasteiger partial charge in [-0.05, 0) is 37.1 Å². The number of hydrogen-bond acceptors (Lipinski definition) is 2. The number of carbonyl (C=O) groups is 1. The SMILES string of the molecule is O=C1Nc2ccc(Br)c3c2C1NCCC3. The maximum Gasteiger partial charge on any atom is 0.246 e. The second-order valence-electron chi connectivity index (χ2n) is 3.97. The van der Waals surface area contributed by atoms with Crippen molar-refractivity contribution in [2.75, 3.05) is 11.9 Å². The number of nitrogens with one attached hydrogen (secondary N) is 2. The van der Waals surface area contributed by atoms with Crippen molar-refractivity contribution in [2.24, 2.45) is 0 Å². The molecular weight excluding hydrogens is 256 g/mol. The molecule has 1 atom stereocenters. The Labute approximate surface area is 96.4 Å². The predicted octanol–water partition coefficient (Wildman–Crippen LogP) is 1.98. The summed E-state index contributed by atoms with van der Waals surface area (Å²) >= 11 is 3.56. The molecule has 0 bridgehead atoms. The Morgan fingerprint density at radius 2 is 2.27 bits per heavy atom. The zero-order valence-electron chi connectivity index (χ0n) is 8.14. The highest BCUT2D eigenvalue weighted by Crippen LogP contribution is 2.39. The fraction of sp³-hybridized carbons (Fsp3) is 0.364. The van der Waals surface area contributed by atoms with Crippen molar-refractivity contribution < 1.29 is 4.79 Å². The average Bonchev–Trinajstić information content (AvgIpc) is 2.44. The first kappa shape index (κ1) is 9.36. The predicted molar refractivity (Wildman–Crippen MR) is 61.8 cm³/mol. The molecule has 2 aliphatic heterocycles. The lowest BCUT2D eigenvalue weighted by atomic mass is 10.00. The minimum atomic E-state index is -0.144. The maximum absolute atomic E-state index is 11.7. The van der Waals surface area contributed by atoms with Gasteiger partial charge in [0.15, 0.2) is 0 Å². The van der Waals surface area contributed by atoms with Gasteiger partial charge in [0.2, 0.25) is 5.91 Å². The van der Waals surface area contributed by atoms with Gasteiger partial charge in [0, 0.05) is 15.7 Å². The second-order valence-corrected chi connectivity index (χ2v) is 4.82. The van der Waals surface area contributed by atoms with Crippen LogP contribution in [0.3, 0.4) is 0 Å². The lowest BCUT2D eigenvalue weighted by molar-refractivity contribution is -0.117. The third kappa shape index (κ3) is 1.32. The Balaban J connectivity index is 2.24. The summed E-state index contributed by atoms with van der Waals surface area (Å²) < 4.78 is 1.12. The third-order valence-corrected chi connectivity index (χ3v) is 3.80. The summed E-state index contributed by atoms with van der Waals surface area (Å²) in [6.45, 7) is 0.901. The van der Waals surface area contributed by atoms with Crippen molar-refractivity contribution >= 4 is 27.5 Å². The summed E-state index contributed by atoms with van der Waals surface area (Å²) in [5.74, 6) is 0.0752. The fourth-order valence-electron chi connectivity index (χ4n) is 2.37. The van der Waals surface area contributed by atoms with Crippen LogP contribution in [0.5, 0.6) is 0 Å². The molecule has 3 nitrogen and oxygen atoms in total. The molecule has 0 radical (unpaired) electrons. The van der Waals surface area contributed by atoms with Crippen molar-refractivity contribution in [3.63, 3.8) is 0 Å². The molecule has 1 aromatic carbocycles. The van der Waals surface area contributed by atoms with Crippen LogP contribution in [0.4, 0.5) is 5.69 Å². The molecule has 2 N–H and O–H groups in total. The summed E-state index contributed by atoms with van der Waals surface area (Å²) in [6, 6.07) is 3.84. The number of hydrogen-bond donors (Lipinski definition) is 2. The van der Waals surface area contributed by atoms with Gasteiger partial charge in [-0.25, -0.2) is 0 Å². The standard InChI is InChI=1S/C11H11BrN2O/c12-7-3-4-8-9-6(7)2-1-5-13-10(9)11(15)14-8/h3-4,10,13H,1-2,5H2,(H,14,15). The van der Waals surface area contributed by atoms with E-state index in [-0.39, 0.29) is 11.9 Å². The van der Waals surface area contributed by atoms with Crippen LogP contribution < -0.4 is 10.6 Å². The van der Waals surface area contributed by atoms with Crippen molar-refractivity contribution in [3.05, 3.63) is 27.7 Å². The molecule has 3 rings (SSSR count). The van der Waals surface area contributed by atoms with E-state index < -0.39 is 0 Å². The van der Waals surface area contributed by atoms with E-state index in [1.165, 1.54) is 5.56 Å². The van der Waals surface area contributed by atoms with E-state index in [0.717, 1.165) is 35.1 Å². The van der Waals surface area contributed by atoms with Gasteiger partial charge in [0.1, 0.15) is 6.04 Å². The molecule has 0 spiro atoms. The summed E-state index contributed by atoms with van der Waals surface area (Å²) in [4.78, 5) is 11.7. The second kappa shape index (κ2) is 3.32. The summed E-state index contributed by atoms with van der Waals surface area (Å²) in [5.41, 5.74) is 3.39. The topological polar surface area (TPSA) is 41.1 Å². The minimum Gasteiger partial charge on any atom is -0.324 e. The smallest absolute Gasteiger partial charge is 0.246 e. The van der Waals surface area contributed by atoms with Crippen LogP contribution in [0.1, 0.15) is 23.6 Å². The number of anilines is 1. The summed E-state index contributed by atoms with van der Waals surface area (Å²) in [6.07, 6.45) is 2.11. The zero-order chi connectivity index (χ0) is 10.4. The molecule has 2 aliphatic rings. The first-order valence-corrected chi connectivity index (χ1v) is 5.92. The van der Waals surface area contributed by atoms with Gasteiger partial charge in [-0.2, -0.15) is 0 Å². The monoisotopic (exact) mass is 266 g/mol. The van der Waals surface area contributed by atoms with Gasteiger partial charge in [-0.3, -0.25) is 4.79 Å². The molecule has 1 unspecified atom stereocenters. The van der Waals surface area contributed by atoms with Gasteiger partial charge >= 0.3 is 0 Å². The normalized spacial score (nSPS) is 23.3. The van der Waals surface area contributed by atoms with Crippen LogP contribution in [0.15, 0.2) is 16.6 Å². The van der Waals surface area contributed by atoms with Crippen LogP contribution in [0.25, 0.3) is 0 Å². The Morgan fingerprint density at radius 3 is 3.13 bits per heavy atom. The van der Waals surface area contributed by atoms with Gasteiger partial charge < -0.3 is 10.6 Å². The molecule has 2 heterocycles. The van der Waals surface area contributed by atoms with Crippen molar-refractivity contribution in [1.82, 2.24) is 5.32 Å². The first-order chi connectivity index (χ1) is 7.27. The number of rotatable bonds is 0. The Hall–Kier alpha value is -0.870. The number of halogens is 1. The molecule has 15 heavy (non-hydrogen) atoms. The molecule has 1 amide bonds. The number of amides is 1. The summed E-state index contributed by atoms with van der Waals surface area (Å²) in [7, 11) is 0. The van der Waals surface area contributed by atoms with Crippen molar-refractivity contribution in [1.29, 1.82) is 0 Å². The van der Waals surface area contributed by atoms with Gasteiger partial charge in [0.25, 0.3) is 0 Å². The van der Waals surface area contributed by atoms with E-state index in [0.29, 0.717) is 0 Å². The van der Waals surface area contributed by atoms with E-state index in [9.17, 15) is 4.79 Å². The summed E-state index contributed by atoms with van der Waals surface area (Å²) in [5, 5.41) is 6.20. The average molecular weight is 267 g/mol. The van der Waals surface area contributed by atoms with E-state index in [1.54, 1.807) is 0 Å². The molecular formula is C11H11BrN2O. The first-order valence-electron chi connectivity index (χ1n) is 5.13. The minimum absolute atomic E-state index is 0.0752.